The summed E-state index contributed by atoms with van der Waals surface area (Å²) in [6, 6.07) is 53.5. The fraction of sp³-hybridized carbons (Fsp3) is 0.278. The van der Waals surface area contributed by atoms with Crippen molar-refractivity contribution >= 4 is 72.5 Å². The van der Waals surface area contributed by atoms with Gasteiger partial charge in [-0.2, -0.15) is 10.2 Å². The van der Waals surface area contributed by atoms with Gasteiger partial charge in [0.2, 0.25) is 0 Å². The second-order valence-corrected chi connectivity index (χ2v) is 37.9. The van der Waals surface area contributed by atoms with Crippen molar-refractivity contribution in [2.45, 2.75) is 89.0 Å². The fourth-order valence-electron chi connectivity index (χ4n) is 12.5. The summed E-state index contributed by atoms with van der Waals surface area (Å²) in [5.74, 6) is -1.77. The van der Waals surface area contributed by atoms with Crippen LogP contribution in [0.5, 0.6) is 0 Å². The highest BCUT2D eigenvalue weighted by atomic mass is 28.3. The van der Waals surface area contributed by atoms with E-state index in [1.807, 2.05) is 38.2 Å². The van der Waals surface area contributed by atoms with Gasteiger partial charge in [-0.05, 0) is 70.7 Å². The molecule has 474 valence electrons. The number of aromatic carboxylic acids is 1. The standard InChI is InChI=1S/C36H37FN6O3Si.C36H37FN6O2Si/c1-47(2,3)17-16-46-23-42-22-29(36(44)45)33-35(42)38-19-30(39-33)32-28-15-14-26(37)18-31(28)43(40-32)27-20-41(21-27)34(24-10-6-4-7-11-24)25-12-8-5-9-13-25;1-46(2,3)17-16-45-24-42-20-27(23-44)33-36(42)38-19-31(39-33)34-30-15-14-28(37)18-32(30)43(40-34)29-21-41(22-29)35(25-10-6-4-7-11-25)26-12-8-5-9-13-26/h4-15,18-19,22,27,34H,16-17,20-21,23H2,1-3H3,(H,44,45);4-15,18-20,23,29,35H,16-17,21-22,24H2,1-3H3. The van der Waals surface area contributed by atoms with Gasteiger partial charge in [0.15, 0.2) is 17.6 Å². The van der Waals surface area contributed by atoms with E-state index in [-0.39, 0.29) is 53.6 Å². The largest absolute Gasteiger partial charge is 0.478 e. The number of ether oxygens (including phenoxy) is 2. The molecule has 17 nitrogen and oxygen atoms in total. The monoisotopic (exact) mass is 1280 g/mol. The number of nitrogens with zero attached hydrogens (tertiary/aromatic N) is 12. The zero-order chi connectivity index (χ0) is 64.5. The molecule has 0 unspecified atom stereocenters. The van der Waals surface area contributed by atoms with Crippen molar-refractivity contribution in [1.82, 2.24) is 58.4 Å². The van der Waals surface area contributed by atoms with Gasteiger partial charge in [-0.15, -0.1) is 0 Å². The normalized spacial score (nSPS) is 14.3. The molecule has 0 saturated carbocycles. The van der Waals surface area contributed by atoms with Crippen LogP contribution in [0.2, 0.25) is 51.4 Å². The minimum absolute atomic E-state index is 0.00337. The first-order valence-electron chi connectivity index (χ1n) is 31.5. The smallest absolute Gasteiger partial charge is 0.339 e. The SMILES string of the molecule is C[Si](C)(C)CCOCn1cc(C(=O)O)c2nc(-c3nn(C4CN(C(c5ccccc5)c5ccccc5)C4)c4cc(F)ccc34)cnc21.C[Si](C)(C)CCOCn1cc(C=O)c2nc(-c3nn(C4CN(C(c5ccccc5)c5ccccc5)C4)c4cc(F)ccc34)cnc21. The molecule has 14 rings (SSSR count). The Balaban J connectivity index is 0.000000169. The van der Waals surface area contributed by atoms with Crippen molar-refractivity contribution in [2.75, 3.05) is 39.4 Å². The topological polar surface area (TPSA) is 176 Å². The van der Waals surface area contributed by atoms with Crippen molar-refractivity contribution in [3.05, 3.63) is 228 Å². The molecule has 2 aliphatic heterocycles. The first-order valence-corrected chi connectivity index (χ1v) is 39.0. The Bertz CT molecular complexity index is 4560. The minimum Gasteiger partial charge on any atom is -0.478 e. The minimum atomic E-state index is -1.27. The van der Waals surface area contributed by atoms with E-state index in [4.69, 9.17) is 34.6 Å². The maximum absolute atomic E-state index is 14.6. The van der Waals surface area contributed by atoms with Crippen LogP contribution in [0.15, 0.2) is 183 Å². The van der Waals surface area contributed by atoms with Crippen molar-refractivity contribution in [1.29, 1.82) is 0 Å². The van der Waals surface area contributed by atoms with Crippen LogP contribution in [0.25, 0.3) is 66.9 Å². The highest BCUT2D eigenvalue weighted by molar-refractivity contribution is 6.76. The Morgan fingerprint density at radius 1 is 0.559 bits per heavy atom. The Hall–Kier alpha value is -9.23. The molecule has 0 aliphatic carbocycles. The lowest BCUT2D eigenvalue weighted by Crippen LogP contribution is -2.49. The number of carboxylic acids is 1. The summed E-state index contributed by atoms with van der Waals surface area (Å²) in [4.78, 5) is 48.1. The van der Waals surface area contributed by atoms with Crippen LogP contribution in [0.3, 0.4) is 0 Å². The van der Waals surface area contributed by atoms with Crippen LogP contribution in [-0.4, -0.2) is 131 Å². The number of carbonyl (C=O) groups is 2. The molecule has 21 heteroatoms. The third kappa shape index (κ3) is 13.4. The summed E-state index contributed by atoms with van der Waals surface area (Å²) < 4.78 is 48.4. The van der Waals surface area contributed by atoms with Gasteiger partial charge in [0, 0.05) is 78.7 Å². The van der Waals surface area contributed by atoms with Crippen LogP contribution < -0.4 is 0 Å². The van der Waals surface area contributed by atoms with Gasteiger partial charge in [-0.3, -0.25) is 24.0 Å². The molecule has 1 N–H and O–H groups in total. The van der Waals surface area contributed by atoms with Gasteiger partial charge in [-0.1, -0.05) is 161 Å². The van der Waals surface area contributed by atoms with Gasteiger partial charge in [0.25, 0.3) is 0 Å². The van der Waals surface area contributed by atoms with Gasteiger partial charge < -0.3 is 23.7 Å². The Morgan fingerprint density at radius 3 is 1.33 bits per heavy atom. The lowest BCUT2D eigenvalue weighted by Gasteiger charge is -2.45. The Kier molecular flexibility index (Phi) is 17.8. The number of aromatic nitrogens is 10. The number of carbonyl (C=O) groups excluding carboxylic acids is 1. The molecular formula is C72H74F2N12O5Si2. The number of rotatable bonds is 22. The number of likely N-dealkylation sites (tertiary alicyclic amines) is 2. The summed E-state index contributed by atoms with van der Waals surface area (Å²) in [6.45, 7) is 18.5. The summed E-state index contributed by atoms with van der Waals surface area (Å²) in [7, 11) is -2.49. The second kappa shape index (κ2) is 26.4. The molecule has 8 heterocycles. The number of fused-ring (bicyclic) bond motifs is 4. The summed E-state index contributed by atoms with van der Waals surface area (Å²) in [5, 5.41) is 21.5. The zero-order valence-electron chi connectivity index (χ0n) is 53.0. The van der Waals surface area contributed by atoms with E-state index in [2.05, 4.69) is 151 Å². The number of hydrogen-bond acceptors (Lipinski definition) is 12. The van der Waals surface area contributed by atoms with E-state index >= 15 is 0 Å². The molecule has 93 heavy (non-hydrogen) atoms. The zero-order valence-corrected chi connectivity index (χ0v) is 55.0. The van der Waals surface area contributed by atoms with E-state index in [1.165, 1.54) is 52.7 Å². The first kappa shape index (κ1) is 62.6. The van der Waals surface area contributed by atoms with Crippen LogP contribution in [0, 0.1) is 11.6 Å². The molecule has 12 aromatic rings. The van der Waals surface area contributed by atoms with Crippen LogP contribution in [-0.2, 0) is 22.9 Å². The molecule has 0 radical (unpaired) electrons. The van der Waals surface area contributed by atoms with Crippen molar-refractivity contribution in [2.24, 2.45) is 0 Å². The van der Waals surface area contributed by atoms with Crippen molar-refractivity contribution in [3.8, 4) is 22.8 Å². The fourth-order valence-corrected chi connectivity index (χ4v) is 14.0. The maximum Gasteiger partial charge on any atom is 0.339 e. The molecule has 6 aromatic heterocycles. The Morgan fingerprint density at radius 2 is 0.946 bits per heavy atom. The molecule has 6 aromatic carbocycles. The number of benzene rings is 6. The van der Waals surface area contributed by atoms with Crippen molar-refractivity contribution < 1.29 is 33.0 Å². The number of aldehydes is 1. The summed E-state index contributed by atoms with van der Waals surface area (Å²) in [6.07, 6.45) is 7.34. The third-order valence-electron chi connectivity index (χ3n) is 17.5. The molecule has 2 fully saturated rings. The van der Waals surface area contributed by atoms with Gasteiger partial charge in [-0.25, -0.2) is 33.5 Å². The van der Waals surface area contributed by atoms with Crippen LogP contribution >= 0.6 is 0 Å². The third-order valence-corrected chi connectivity index (χ3v) is 20.9. The van der Waals surface area contributed by atoms with E-state index in [1.54, 1.807) is 35.3 Å². The van der Waals surface area contributed by atoms with E-state index < -0.39 is 22.1 Å². The highest BCUT2D eigenvalue weighted by Gasteiger charge is 2.39. The number of hydrogen-bond donors (Lipinski definition) is 1. The average Bonchev–Trinajstić information content (AvgIpc) is 1.66. The molecule has 2 saturated heterocycles. The highest BCUT2D eigenvalue weighted by Crippen LogP contribution is 2.41. The lowest BCUT2D eigenvalue weighted by molar-refractivity contribution is 0.0695. The lowest BCUT2D eigenvalue weighted by atomic mass is 9.93. The first-order chi connectivity index (χ1) is 44.9. The quantitative estimate of drug-likeness (QED) is 0.0386. The summed E-state index contributed by atoms with van der Waals surface area (Å²) in [5.41, 5.74) is 10.6. The van der Waals surface area contributed by atoms with Gasteiger partial charge in [0.05, 0.1) is 53.2 Å². The predicted molar refractivity (Wildman–Crippen MR) is 364 cm³/mol. The average molecular weight is 1280 g/mol. The number of halogens is 2. The molecule has 0 spiro atoms. The van der Waals surface area contributed by atoms with Crippen LogP contribution in [0.4, 0.5) is 8.78 Å². The maximum atomic E-state index is 14.6. The van der Waals surface area contributed by atoms with E-state index in [9.17, 15) is 23.5 Å². The van der Waals surface area contributed by atoms with Gasteiger partial charge in [0.1, 0.15) is 64.5 Å². The second-order valence-electron chi connectivity index (χ2n) is 26.6. The molecule has 0 bridgehead atoms. The van der Waals surface area contributed by atoms with Gasteiger partial charge >= 0.3 is 5.97 Å². The molecular weight excluding hydrogens is 1210 g/mol. The predicted octanol–water partition coefficient (Wildman–Crippen LogP) is 14.6. The van der Waals surface area contributed by atoms with E-state index in [0.717, 1.165) is 55.3 Å². The molecule has 0 atom stereocenters. The molecule has 0 amide bonds. The van der Waals surface area contributed by atoms with Crippen molar-refractivity contribution in [3.63, 3.8) is 0 Å². The molecule has 2 aliphatic rings. The van der Waals surface area contributed by atoms with Crippen LogP contribution in [0.1, 0.15) is 67.1 Å². The Labute approximate surface area is 539 Å². The number of carboxylic acid groups (broad SMARTS) is 1. The van der Waals surface area contributed by atoms with E-state index in [0.29, 0.717) is 76.1 Å². The summed E-state index contributed by atoms with van der Waals surface area (Å²) >= 11 is 0.